The van der Waals surface area contributed by atoms with Crippen LogP contribution in [0.1, 0.15) is 5.56 Å². The van der Waals surface area contributed by atoms with Crippen LogP contribution in [-0.4, -0.2) is 54.8 Å². The first-order valence-electron chi connectivity index (χ1n) is 9.34. The number of aryl methyl sites for hydroxylation is 1. The molecule has 0 amide bonds. The third-order valence-corrected chi connectivity index (χ3v) is 4.58. The molecule has 2 heterocycles. The van der Waals surface area contributed by atoms with Gasteiger partial charge in [-0.1, -0.05) is 29.8 Å². The van der Waals surface area contributed by atoms with E-state index in [1.807, 2.05) is 31.2 Å². The average Bonchev–Trinajstić information content (AvgIpc) is 3.23. The van der Waals surface area contributed by atoms with Gasteiger partial charge < -0.3 is 10.0 Å². The Morgan fingerprint density at radius 3 is 2.68 bits per heavy atom. The Hall–Kier alpha value is -4.21. The van der Waals surface area contributed by atoms with E-state index in [1.165, 1.54) is 23.2 Å². The molecule has 0 radical (unpaired) electrons. The van der Waals surface area contributed by atoms with Crippen LogP contribution in [0.3, 0.4) is 0 Å². The van der Waals surface area contributed by atoms with E-state index in [9.17, 15) is 9.18 Å². The molecule has 2 aromatic heterocycles. The topological polar surface area (TPSA) is 110 Å². The Morgan fingerprint density at radius 1 is 1.19 bits per heavy atom. The van der Waals surface area contributed by atoms with E-state index >= 15 is 0 Å². The van der Waals surface area contributed by atoms with Gasteiger partial charge in [0.1, 0.15) is 12.4 Å². The molecule has 0 bridgehead atoms. The van der Waals surface area contributed by atoms with Gasteiger partial charge in [0.15, 0.2) is 5.82 Å². The fourth-order valence-corrected chi connectivity index (χ4v) is 3.06. The third kappa shape index (κ3) is 4.22. The first kappa shape index (κ1) is 20.1. The Morgan fingerprint density at radius 2 is 1.97 bits per heavy atom. The summed E-state index contributed by atoms with van der Waals surface area (Å²) in [6.07, 6.45) is 1.51. The lowest BCUT2D eigenvalue weighted by molar-refractivity contribution is -0.135. The molecule has 0 saturated heterocycles. The number of nitrogens with zero attached hydrogens (tertiary/aromatic N) is 7. The van der Waals surface area contributed by atoms with Crippen LogP contribution >= 0.6 is 0 Å². The third-order valence-electron chi connectivity index (χ3n) is 4.58. The normalized spacial score (nSPS) is 10.8. The minimum Gasteiger partial charge on any atom is -0.480 e. The second-order valence-electron chi connectivity index (χ2n) is 6.94. The number of halogens is 1. The fraction of sp³-hybridized carbons (Fsp3) is 0.143. The second-order valence-corrected chi connectivity index (χ2v) is 6.94. The Balaban J connectivity index is 1.88. The first-order chi connectivity index (χ1) is 14.9. The number of hydrogen-bond donors (Lipinski definition) is 1. The van der Waals surface area contributed by atoms with E-state index in [4.69, 9.17) is 5.11 Å². The number of rotatable bonds is 6. The summed E-state index contributed by atoms with van der Waals surface area (Å²) in [5.74, 6) is -0.901. The van der Waals surface area contributed by atoms with Crippen LogP contribution in [0, 0.1) is 12.7 Å². The Bertz CT molecular complexity index is 1240. The van der Waals surface area contributed by atoms with Crippen molar-refractivity contribution in [3.8, 4) is 28.3 Å². The van der Waals surface area contributed by atoms with Gasteiger partial charge in [0.05, 0.1) is 16.9 Å². The van der Waals surface area contributed by atoms with Crippen molar-refractivity contribution in [2.24, 2.45) is 0 Å². The summed E-state index contributed by atoms with van der Waals surface area (Å²) < 4.78 is 15.5. The van der Waals surface area contributed by atoms with Crippen molar-refractivity contribution in [3.63, 3.8) is 0 Å². The van der Waals surface area contributed by atoms with E-state index in [2.05, 4.69) is 25.5 Å². The molecule has 0 aliphatic rings. The van der Waals surface area contributed by atoms with E-state index in [0.29, 0.717) is 22.6 Å². The average molecular weight is 419 g/mol. The van der Waals surface area contributed by atoms with Crippen LogP contribution in [0.15, 0.2) is 54.7 Å². The summed E-state index contributed by atoms with van der Waals surface area (Å²) in [6, 6.07) is 13.6. The SMILES string of the molecule is Cc1ccc(-n2nnnc2-c2cnc(N(C)CC(=O)O)nc2-c2cccc(F)c2)cc1. The highest BCUT2D eigenvalue weighted by atomic mass is 19.1. The van der Waals surface area contributed by atoms with Crippen LogP contribution in [-0.2, 0) is 4.79 Å². The smallest absolute Gasteiger partial charge is 0.323 e. The lowest BCUT2D eigenvalue weighted by atomic mass is 10.1. The minimum absolute atomic E-state index is 0.180. The molecule has 0 fully saturated rings. The number of aliphatic carboxylic acids is 1. The maximum atomic E-state index is 14.0. The number of carbonyl (C=O) groups is 1. The molecule has 31 heavy (non-hydrogen) atoms. The number of carboxylic acid groups (broad SMARTS) is 1. The van der Waals surface area contributed by atoms with Crippen molar-refractivity contribution in [2.75, 3.05) is 18.5 Å². The molecule has 0 aliphatic carbocycles. The highest BCUT2D eigenvalue weighted by Crippen LogP contribution is 2.31. The van der Waals surface area contributed by atoms with Crippen molar-refractivity contribution in [2.45, 2.75) is 6.92 Å². The number of likely N-dealkylation sites (N-methyl/N-ethyl adjacent to an activating group) is 1. The highest BCUT2D eigenvalue weighted by molar-refractivity contribution is 5.79. The molecular formula is C21H18FN7O2. The van der Waals surface area contributed by atoms with Crippen LogP contribution < -0.4 is 4.90 Å². The van der Waals surface area contributed by atoms with Gasteiger partial charge in [0, 0.05) is 18.8 Å². The largest absolute Gasteiger partial charge is 0.480 e. The zero-order chi connectivity index (χ0) is 22.0. The molecule has 156 valence electrons. The van der Waals surface area contributed by atoms with Crippen molar-refractivity contribution in [1.29, 1.82) is 0 Å². The van der Waals surface area contributed by atoms with Crippen LogP contribution in [0.2, 0.25) is 0 Å². The Kier molecular flexibility index (Phi) is 5.35. The summed E-state index contributed by atoms with van der Waals surface area (Å²) in [7, 11) is 1.56. The summed E-state index contributed by atoms with van der Waals surface area (Å²) in [5, 5.41) is 21.1. The fourth-order valence-electron chi connectivity index (χ4n) is 3.06. The second kappa shape index (κ2) is 8.27. The van der Waals surface area contributed by atoms with E-state index in [1.54, 1.807) is 23.9 Å². The van der Waals surface area contributed by atoms with Crippen molar-refractivity contribution in [3.05, 3.63) is 66.1 Å². The maximum Gasteiger partial charge on any atom is 0.323 e. The number of anilines is 1. The molecule has 0 unspecified atom stereocenters. The number of tetrazole rings is 1. The number of benzene rings is 2. The van der Waals surface area contributed by atoms with Gasteiger partial charge in [0.2, 0.25) is 5.95 Å². The molecule has 10 heteroatoms. The minimum atomic E-state index is -1.02. The predicted molar refractivity (Wildman–Crippen MR) is 111 cm³/mol. The quantitative estimate of drug-likeness (QED) is 0.508. The lowest BCUT2D eigenvalue weighted by Gasteiger charge is -2.17. The number of aromatic nitrogens is 6. The van der Waals surface area contributed by atoms with Gasteiger partial charge in [-0.15, -0.1) is 5.10 Å². The van der Waals surface area contributed by atoms with Gasteiger partial charge in [-0.25, -0.2) is 14.4 Å². The predicted octanol–water partition coefficient (Wildman–Crippen LogP) is 2.75. The molecule has 4 rings (SSSR count). The van der Waals surface area contributed by atoms with Gasteiger partial charge in [-0.05, 0) is 41.6 Å². The summed E-state index contributed by atoms with van der Waals surface area (Å²) in [6.45, 7) is 1.69. The van der Waals surface area contributed by atoms with Gasteiger partial charge in [-0.2, -0.15) is 4.68 Å². The van der Waals surface area contributed by atoms with Gasteiger partial charge in [-0.3, -0.25) is 4.79 Å². The summed E-state index contributed by atoms with van der Waals surface area (Å²) in [5.41, 5.74) is 3.17. The zero-order valence-corrected chi connectivity index (χ0v) is 16.8. The molecule has 0 atom stereocenters. The molecular weight excluding hydrogens is 401 g/mol. The van der Waals surface area contributed by atoms with Crippen LogP contribution in [0.25, 0.3) is 28.3 Å². The molecule has 0 spiro atoms. The zero-order valence-electron chi connectivity index (χ0n) is 16.8. The van der Waals surface area contributed by atoms with Crippen molar-refractivity contribution in [1.82, 2.24) is 30.2 Å². The maximum absolute atomic E-state index is 14.0. The molecule has 4 aromatic rings. The number of hydrogen-bond acceptors (Lipinski definition) is 7. The van der Waals surface area contributed by atoms with Crippen molar-refractivity contribution >= 4 is 11.9 Å². The Labute approximate surface area is 176 Å². The summed E-state index contributed by atoms with van der Waals surface area (Å²) >= 11 is 0. The van der Waals surface area contributed by atoms with E-state index < -0.39 is 11.8 Å². The monoisotopic (exact) mass is 419 g/mol. The number of carboxylic acids is 1. The molecule has 1 N–H and O–H groups in total. The van der Waals surface area contributed by atoms with Crippen LogP contribution in [0.4, 0.5) is 10.3 Å². The summed E-state index contributed by atoms with van der Waals surface area (Å²) in [4.78, 5) is 21.3. The van der Waals surface area contributed by atoms with Gasteiger partial charge in [0.25, 0.3) is 0 Å². The molecule has 0 aliphatic heterocycles. The highest BCUT2D eigenvalue weighted by Gasteiger charge is 2.20. The van der Waals surface area contributed by atoms with Crippen LogP contribution in [0.5, 0.6) is 0 Å². The molecule has 2 aromatic carbocycles. The van der Waals surface area contributed by atoms with E-state index in [-0.39, 0.29) is 12.5 Å². The first-order valence-corrected chi connectivity index (χ1v) is 9.34. The lowest BCUT2D eigenvalue weighted by Crippen LogP contribution is -2.27. The molecule has 0 saturated carbocycles. The van der Waals surface area contributed by atoms with Crippen molar-refractivity contribution < 1.29 is 14.3 Å². The molecule has 9 nitrogen and oxygen atoms in total. The van der Waals surface area contributed by atoms with Gasteiger partial charge >= 0.3 is 5.97 Å². The standard InChI is InChI=1S/C21H18FN7O2/c1-13-6-8-16(9-7-13)29-20(25-26-27-29)17-11-23-21(28(2)12-18(30)31)24-19(17)14-4-3-5-15(22)10-14/h3-11H,12H2,1-2H3,(H,30,31). The van der Waals surface area contributed by atoms with E-state index in [0.717, 1.165) is 11.3 Å².